The number of benzene rings is 2. The number of carbonyl (C=O) groups excluding carboxylic acids is 1. The van der Waals surface area contributed by atoms with E-state index >= 15 is 0 Å². The summed E-state index contributed by atoms with van der Waals surface area (Å²) in [6.07, 6.45) is 0. The fourth-order valence-electron chi connectivity index (χ4n) is 2.72. The van der Waals surface area contributed by atoms with Gasteiger partial charge in [0.2, 0.25) is 0 Å². The van der Waals surface area contributed by atoms with E-state index in [1.807, 2.05) is 12.1 Å². The lowest BCUT2D eigenvalue weighted by molar-refractivity contribution is -0.141. The van der Waals surface area contributed by atoms with Crippen LogP contribution in [0.25, 0.3) is 11.0 Å². The summed E-state index contributed by atoms with van der Waals surface area (Å²) in [5.74, 6) is -1.25. The van der Waals surface area contributed by atoms with Crippen LogP contribution in [0.3, 0.4) is 0 Å². The van der Waals surface area contributed by atoms with Gasteiger partial charge in [-0.15, -0.1) is 0 Å². The Morgan fingerprint density at radius 1 is 1.21 bits per heavy atom. The zero-order valence-corrected chi connectivity index (χ0v) is 15.3. The van der Waals surface area contributed by atoms with Crippen LogP contribution < -0.4 is 10.1 Å². The van der Waals surface area contributed by atoms with Gasteiger partial charge in [-0.1, -0.05) is 18.2 Å². The number of carbonyl (C=O) groups is 1. The van der Waals surface area contributed by atoms with E-state index in [0.29, 0.717) is 22.6 Å². The first kappa shape index (κ1) is 18.9. The minimum absolute atomic E-state index is 0.0103. The number of fused-ring (bicyclic) bond motifs is 1. The molecule has 0 amide bonds. The van der Waals surface area contributed by atoms with Crippen molar-refractivity contribution in [2.75, 3.05) is 19.5 Å². The average molecular weight is 378 g/mol. The Hall–Kier alpha value is -3.86. The summed E-state index contributed by atoms with van der Waals surface area (Å²) in [7, 11) is 2.69. The number of methoxy groups -OCH3 is 2. The molecule has 2 N–H and O–H groups in total. The van der Waals surface area contributed by atoms with Crippen LogP contribution in [0.2, 0.25) is 0 Å². The van der Waals surface area contributed by atoms with Crippen LogP contribution in [0, 0.1) is 11.3 Å². The molecule has 1 heterocycles. The molecule has 0 saturated heterocycles. The summed E-state index contributed by atoms with van der Waals surface area (Å²) >= 11 is 0. The van der Waals surface area contributed by atoms with Gasteiger partial charge in [-0.05, 0) is 29.8 Å². The molecule has 0 aliphatic carbocycles. The van der Waals surface area contributed by atoms with E-state index in [4.69, 9.17) is 9.47 Å². The molecule has 0 spiro atoms. The molecular formula is C20H18N4O4. The van der Waals surface area contributed by atoms with Crippen molar-refractivity contribution < 1.29 is 19.4 Å². The molecule has 1 unspecified atom stereocenters. The second kappa shape index (κ2) is 8.22. The monoisotopic (exact) mass is 378 g/mol. The summed E-state index contributed by atoms with van der Waals surface area (Å²) in [5, 5.41) is 22.5. The van der Waals surface area contributed by atoms with Crippen molar-refractivity contribution in [1.29, 1.82) is 5.26 Å². The third-order valence-corrected chi connectivity index (χ3v) is 4.14. The molecule has 0 aliphatic rings. The number of hydrogen-bond donors (Lipinski definition) is 2. The maximum atomic E-state index is 12.0. The maximum Gasteiger partial charge on any atom is 0.329 e. The lowest BCUT2D eigenvalue weighted by atomic mass is 10.1. The molecule has 28 heavy (non-hydrogen) atoms. The topological polar surface area (TPSA) is 117 Å². The van der Waals surface area contributed by atoms with Gasteiger partial charge in [0.05, 0.1) is 31.3 Å². The van der Waals surface area contributed by atoms with Crippen LogP contribution in [0.1, 0.15) is 17.2 Å². The van der Waals surface area contributed by atoms with Crippen LogP contribution in [0.4, 0.5) is 5.82 Å². The molecule has 2 aromatic carbocycles. The number of aromatic hydroxyl groups is 1. The molecule has 0 fully saturated rings. The molecule has 0 saturated carbocycles. The van der Waals surface area contributed by atoms with E-state index in [1.54, 1.807) is 36.4 Å². The molecule has 0 aliphatic heterocycles. The van der Waals surface area contributed by atoms with Crippen molar-refractivity contribution >= 4 is 22.8 Å². The molecule has 1 aromatic heterocycles. The highest BCUT2D eigenvalue weighted by Crippen LogP contribution is 2.28. The molecule has 8 nitrogen and oxygen atoms in total. The van der Waals surface area contributed by atoms with Crippen LogP contribution >= 0.6 is 0 Å². The largest absolute Gasteiger partial charge is 0.504 e. The number of aromatic nitrogens is 2. The second-order valence-electron chi connectivity index (χ2n) is 5.89. The number of nitrogens with one attached hydrogen (secondary N) is 1. The first-order valence-corrected chi connectivity index (χ1v) is 8.41. The number of ether oxygens (including phenoxy) is 2. The normalized spacial score (nSPS) is 11.5. The molecule has 3 rings (SSSR count). The number of anilines is 1. The second-order valence-corrected chi connectivity index (χ2v) is 5.89. The van der Waals surface area contributed by atoms with Crippen LogP contribution in [0.5, 0.6) is 11.5 Å². The lowest BCUT2D eigenvalue weighted by Crippen LogP contribution is -2.17. The number of para-hydroxylation sites is 2. The van der Waals surface area contributed by atoms with Gasteiger partial charge in [0.15, 0.2) is 23.2 Å². The number of phenolic OH excluding ortho intramolecular Hbond substituents is 1. The number of nitriles is 1. The maximum absolute atomic E-state index is 12.0. The first-order valence-electron chi connectivity index (χ1n) is 8.41. The fourth-order valence-corrected chi connectivity index (χ4v) is 2.72. The van der Waals surface area contributed by atoms with E-state index in [2.05, 4.69) is 15.3 Å². The van der Waals surface area contributed by atoms with Crippen molar-refractivity contribution in [3.05, 3.63) is 53.7 Å². The molecule has 8 heteroatoms. The predicted molar refractivity (Wildman–Crippen MR) is 102 cm³/mol. The Morgan fingerprint density at radius 2 is 1.93 bits per heavy atom. The molecule has 3 aromatic rings. The number of hydrogen-bond acceptors (Lipinski definition) is 8. The quantitative estimate of drug-likeness (QED) is 0.629. The molecular weight excluding hydrogens is 360 g/mol. The number of phenols is 1. The van der Waals surface area contributed by atoms with Crippen molar-refractivity contribution in [3.8, 4) is 17.6 Å². The zero-order chi connectivity index (χ0) is 20.1. The highest BCUT2D eigenvalue weighted by molar-refractivity contribution is 5.84. The Bertz CT molecular complexity index is 1060. The van der Waals surface area contributed by atoms with Gasteiger partial charge < -0.3 is 19.9 Å². The Kier molecular flexibility index (Phi) is 5.56. The van der Waals surface area contributed by atoms with Gasteiger partial charge in [0, 0.05) is 6.54 Å². The average Bonchev–Trinajstić information content (AvgIpc) is 2.72. The van der Waals surface area contributed by atoms with Gasteiger partial charge >= 0.3 is 5.97 Å². The lowest BCUT2D eigenvalue weighted by Gasteiger charge is -2.14. The summed E-state index contributed by atoms with van der Waals surface area (Å²) in [6, 6.07) is 14.1. The highest BCUT2D eigenvalue weighted by atomic mass is 16.5. The van der Waals surface area contributed by atoms with Crippen molar-refractivity contribution in [2.24, 2.45) is 0 Å². The Balaban J connectivity index is 1.98. The standard InChI is InChI=1S/C20H18N4O4/c1-27-17-8-7-12(9-16(17)25)11-22-19-18(13(10-21)20(26)28-2)23-14-5-3-4-6-15(14)24-19/h3-9,13,25H,11H2,1-2H3,(H,22,24). The smallest absolute Gasteiger partial charge is 0.329 e. The van der Waals surface area contributed by atoms with Gasteiger partial charge in [-0.2, -0.15) is 5.26 Å². The number of nitrogens with zero attached hydrogens (tertiary/aromatic N) is 3. The van der Waals surface area contributed by atoms with Crippen LogP contribution in [-0.2, 0) is 16.1 Å². The van der Waals surface area contributed by atoms with Gasteiger partial charge in [-0.25, -0.2) is 9.97 Å². The number of esters is 1. The van der Waals surface area contributed by atoms with Gasteiger partial charge in [-0.3, -0.25) is 4.79 Å². The van der Waals surface area contributed by atoms with Crippen molar-refractivity contribution in [2.45, 2.75) is 12.5 Å². The minimum Gasteiger partial charge on any atom is -0.504 e. The first-order chi connectivity index (χ1) is 13.6. The highest BCUT2D eigenvalue weighted by Gasteiger charge is 2.27. The third kappa shape index (κ3) is 3.78. The Labute approximate surface area is 161 Å². The van der Waals surface area contributed by atoms with Crippen molar-refractivity contribution in [1.82, 2.24) is 9.97 Å². The van der Waals surface area contributed by atoms with E-state index in [0.717, 1.165) is 5.56 Å². The molecule has 1 atom stereocenters. The summed E-state index contributed by atoms with van der Waals surface area (Å²) in [4.78, 5) is 21.0. The summed E-state index contributed by atoms with van der Waals surface area (Å²) in [5.41, 5.74) is 2.12. The van der Waals surface area contributed by atoms with Crippen molar-refractivity contribution in [3.63, 3.8) is 0 Å². The molecule has 0 radical (unpaired) electrons. The van der Waals surface area contributed by atoms with Gasteiger partial charge in [0.25, 0.3) is 0 Å². The summed E-state index contributed by atoms with van der Waals surface area (Å²) < 4.78 is 9.76. The van der Waals surface area contributed by atoms with E-state index in [-0.39, 0.29) is 18.0 Å². The SMILES string of the molecule is COC(=O)C(C#N)c1nc2ccccc2nc1NCc1ccc(OC)c(O)c1. The van der Waals surface area contributed by atoms with E-state index in [9.17, 15) is 15.2 Å². The van der Waals surface area contributed by atoms with Crippen LogP contribution in [0.15, 0.2) is 42.5 Å². The number of rotatable bonds is 6. The summed E-state index contributed by atoms with van der Waals surface area (Å²) in [6.45, 7) is 0.289. The fraction of sp³-hybridized carbons (Fsp3) is 0.200. The van der Waals surface area contributed by atoms with Gasteiger partial charge in [0.1, 0.15) is 5.69 Å². The third-order valence-electron chi connectivity index (χ3n) is 4.14. The molecule has 142 valence electrons. The Morgan fingerprint density at radius 3 is 2.54 bits per heavy atom. The minimum atomic E-state index is -1.21. The predicted octanol–water partition coefficient (Wildman–Crippen LogP) is 2.74. The van der Waals surface area contributed by atoms with E-state index in [1.165, 1.54) is 14.2 Å². The van der Waals surface area contributed by atoms with Crippen LogP contribution in [-0.4, -0.2) is 35.3 Å². The van der Waals surface area contributed by atoms with E-state index < -0.39 is 11.9 Å². The zero-order valence-electron chi connectivity index (χ0n) is 15.3. The molecule has 0 bridgehead atoms.